The van der Waals surface area contributed by atoms with Gasteiger partial charge in [0, 0.05) is 0 Å². The van der Waals surface area contributed by atoms with E-state index in [0.717, 1.165) is 64.2 Å². The van der Waals surface area contributed by atoms with Crippen molar-refractivity contribution in [1.82, 2.24) is 5.32 Å². The first-order chi connectivity index (χ1) is 23.8. The summed E-state index contributed by atoms with van der Waals surface area (Å²) in [5, 5.41) is 74.0. The molecule has 1 rings (SSSR count). The van der Waals surface area contributed by atoms with Gasteiger partial charge in [0.05, 0.1) is 31.3 Å². The lowest BCUT2D eigenvalue weighted by atomic mass is 9.85. The Morgan fingerprint density at radius 1 is 0.620 bits per heavy atom. The van der Waals surface area contributed by atoms with Crippen LogP contribution in [0.2, 0.25) is 0 Å². The summed E-state index contributed by atoms with van der Waals surface area (Å²) >= 11 is 0. The van der Waals surface area contributed by atoms with Gasteiger partial charge in [-0.3, -0.25) is 13.8 Å². The van der Waals surface area contributed by atoms with Gasteiger partial charge < -0.3 is 46.0 Å². The number of rotatable bonds is 31. The average molecular weight is 742 g/mol. The molecule has 1 fully saturated rings. The summed E-state index contributed by atoms with van der Waals surface area (Å²) in [6, 6.07) is -1.14. The van der Waals surface area contributed by atoms with E-state index in [4.69, 9.17) is 9.05 Å². The molecule has 13 nitrogen and oxygen atoms in total. The first-order valence-electron chi connectivity index (χ1n) is 19.6. The fourth-order valence-corrected chi connectivity index (χ4v) is 7.39. The van der Waals surface area contributed by atoms with E-state index in [9.17, 15) is 50.0 Å². The van der Waals surface area contributed by atoms with Crippen LogP contribution in [0.25, 0.3) is 0 Å². The van der Waals surface area contributed by atoms with Gasteiger partial charge in [-0.2, -0.15) is 0 Å². The molecule has 0 heterocycles. The van der Waals surface area contributed by atoms with Gasteiger partial charge in [0.15, 0.2) is 0 Å². The standard InChI is InChI=1S/C36H72NO12P/c1-3-5-7-9-11-12-13-14-15-16-18-19-21-23-27(38)25-30(40)37-28(29(39)24-22-20-17-10-8-6-4-2)26-48-50(46,47)49-36-34(44)32(42)31(41)33(43)35(36)45/h27-29,31-36,38-39,41-45H,3-26H2,1-2H3,(H,37,40)(H,46,47). The average Bonchev–Trinajstić information content (AvgIpc) is 3.08. The number of nitrogens with one attached hydrogen (secondary N) is 1. The van der Waals surface area contributed by atoms with Crippen LogP contribution in [0.1, 0.15) is 162 Å². The predicted molar refractivity (Wildman–Crippen MR) is 192 cm³/mol. The Hall–Kier alpha value is -0.700. The second-order valence-corrected chi connectivity index (χ2v) is 15.7. The normalized spacial score (nSPS) is 25.6. The largest absolute Gasteiger partial charge is 0.472 e. The number of phosphoric ester groups is 1. The minimum atomic E-state index is -5.09. The number of hydrogen-bond acceptors (Lipinski definition) is 11. The molecule has 0 radical (unpaired) electrons. The maximum absolute atomic E-state index is 12.9. The molecule has 1 saturated carbocycles. The third-order valence-electron chi connectivity index (χ3n) is 9.72. The molecule has 0 spiro atoms. The summed E-state index contributed by atoms with van der Waals surface area (Å²) in [5.74, 6) is -0.563. The van der Waals surface area contributed by atoms with E-state index in [1.807, 2.05) is 0 Å². The number of carbonyl (C=O) groups excluding carboxylic acids is 1. The first-order valence-corrected chi connectivity index (χ1v) is 21.1. The van der Waals surface area contributed by atoms with Crippen molar-refractivity contribution in [3.63, 3.8) is 0 Å². The van der Waals surface area contributed by atoms with E-state index < -0.39 is 75.2 Å². The number of aliphatic hydroxyl groups excluding tert-OH is 7. The molecule has 0 aromatic carbocycles. The van der Waals surface area contributed by atoms with Crippen LogP contribution < -0.4 is 5.32 Å². The van der Waals surface area contributed by atoms with Crippen molar-refractivity contribution in [2.45, 2.75) is 216 Å². The summed E-state index contributed by atoms with van der Waals surface area (Å²) < 4.78 is 22.7. The van der Waals surface area contributed by atoms with Crippen LogP contribution in [0.4, 0.5) is 0 Å². The fourth-order valence-electron chi connectivity index (χ4n) is 6.42. The van der Waals surface area contributed by atoms with E-state index in [0.29, 0.717) is 12.8 Å². The molecule has 0 aliphatic heterocycles. The molecule has 8 unspecified atom stereocenters. The molecule has 14 heteroatoms. The van der Waals surface area contributed by atoms with Gasteiger partial charge in [0.25, 0.3) is 0 Å². The molecule has 8 atom stereocenters. The predicted octanol–water partition coefficient (Wildman–Crippen LogP) is 4.53. The van der Waals surface area contributed by atoms with E-state index in [1.54, 1.807) is 0 Å². The molecule has 50 heavy (non-hydrogen) atoms. The van der Waals surface area contributed by atoms with Crippen LogP contribution in [0, 0.1) is 0 Å². The lowest BCUT2D eigenvalue weighted by Crippen LogP contribution is -2.64. The van der Waals surface area contributed by atoms with Gasteiger partial charge in [-0.05, 0) is 12.8 Å². The SMILES string of the molecule is CCCCCCCCCCCCCCCC(O)CC(=O)NC(COP(=O)(O)OC1C(O)C(O)C(O)C(O)C1O)C(O)CCCCCCCCC. The van der Waals surface area contributed by atoms with E-state index in [1.165, 1.54) is 57.8 Å². The van der Waals surface area contributed by atoms with Gasteiger partial charge >= 0.3 is 7.82 Å². The number of phosphoric acid groups is 1. The molecule has 1 aliphatic rings. The summed E-state index contributed by atoms with van der Waals surface area (Å²) in [6.07, 6.45) is 9.23. The lowest BCUT2D eigenvalue weighted by molar-refractivity contribution is -0.220. The Balaban J connectivity index is 2.56. The number of aliphatic hydroxyl groups is 7. The van der Waals surface area contributed by atoms with Gasteiger partial charge in [0.2, 0.25) is 5.91 Å². The molecule has 0 aromatic heterocycles. The monoisotopic (exact) mass is 741 g/mol. The van der Waals surface area contributed by atoms with Crippen molar-refractivity contribution in [3.05, 3.63) is 0 Å². The van der Waals surface area contributed by atoms with Crippen molar-refractivity contribution in [3.8, 4) is 0 Å². The van der Waals surface area contributed by atoms with Crippen LogP contribution >= 0.6 is 7.82 Å². The summed E-state index contributed by atoms with van der Waals surface area (Å²) in [6.45, 7) is 3.69. The van der Waals surface area contributed by atoms with Gasteiger partial charge in [-0.1, -0.05) is 142 Å². The van der Waals surface area contributed by atoms with Crippen molar-refractivity contribution < 1.29 is 59.0 Å². The maximum atomic E-state index is 12.9. The third-order valence-corrected chi connectivity index (χ3v) is 10.7. The quantitative estimate of drug-likeness (QED) is 0.0353. The smallest absolute Gasteiger partial charge is 0.393 e. The topological polar surface area (TPSA) is 226 Å². The van der Waals surface area contributed by atoms with Crippen LogP contribution in [0.15, 0.2) is 0 Å². The Morgan fingerprint density at radius 2 is 1.00 bits per heavy atom. The third kappa shape index (κ3) is 20.5. The molecule has 9 N–H and O–H groups in total. The number of amides is 1. The zero-order valence-electron chi connectivity index (χ0n) is 30.8. The summed E-state index contributed by atoms with van der Waals surface area (Å²) in [5.41, 5.74) is 0. The van der Waals surface area contributed by atoms with E-state index >= 15 is 0 Å². The first kappa shape index (κ1) is 47.3. The molecule has 0 aromatic rings. The lowest BCUT2D eigenvalue weighted by Gasteiger charge is -2.41. The minimum absolute atomic E-state index is 0.218. The van der Waals surface area contributed by atoms with Crippen molar-refractivity contribution in [1.29, 1.82) is 0 Å². The Bertz CT molecular complexity index is 885. The highest BCUT2D eigenvalue weighted by atomic mass is 31.2. The molecule has 1 aliphatic carbocycles. The van der Waals surface area contributed by atoms with Crippen molar-refractivity contribution in [2.24, 2.45) is 0 Å². The van der Waals surface area contributed by atoms with Gasteiger partial charge in [-0.25, -0.2) is 4.57 Å². The molecular formula is C36H72NO12P. The summed E-state index contributed by atoms with van der Waals surface area (Å²) in [7, 11) is -5.09. The zero-order chi connectivity index (χ0) is 37.4. The Morgan fingerprint density at radius 3 is 1.44 bits per heavy atom. The Kier molecular flexibility index (Phi) is 26.3. The number of unbranched alkanes of at least 4 members (excludes halogenated alkanes) is 18. The highest BCUT2D eigenvalue weighted by molar-refractivity contribution is 7.47. The maximum Gasteiger partial charge on any atom is 0.472 e. The van der Waals surface area contributed by atoms with Crippen LogP contribution in [0.3, 0.4) is 0 Å². The molecular weight excluding hydrogens is 669 g/mol. The Labute approximate surface area is 300 Å². The second-order valence-electron chi connectivity index (χ2n) is 14.3. The van der Waals surface area contributed by atoms with Gasteiger partial charge in [0.1, 0.15) is 36.6 Å². The van der Waals surface area contributed by atoms with E-state index in [-0.39, 0.29) is 12.8 Å². The zero-order valence-corrected chi connectivity index (χ0v) is 31.7. The highest BCUT2D eigenvalue weighted by Crippen LogP contribution is 2.47. The number of carbonyl (C=O) groups is 1. The van der Waals surface area contributed by atoms with Crippen molar-refractivity contribution in [2.75, 3.05) is 6.61 Å². The minimum Gasteiger partial charge on any atom is -0.393 e. The van der Waals surface area contributed by atoms with E-state index in [2.05, 4.69) is 19.2 Å². The number of hydrogen-bond donors (Lipinski definition) is 9. The fraction of sp³-hybridized carbons (Fsp3) is 0.972. The molecule has 298 valence electrons. The molecule has 1 amide bonds. The van der Waals surface area contributed by atoms with Crippen LogP contribution in [0.5, 0.6) is 0 Å². The van der Waals surface area contributed by atoms with Crippen LogP contribution in [-0.2, 0) is 18.4 Å². The van der Waals surface area contributed by atoms with Crippen molar-refractivity contribution >= 4 is 13.7 Å². The van der Waals surface area contributed by atoms with Crippen LogP contribution in [-0.4, -0.2) is 108 Å². The van der Waals surface area contributed by atoms with Gasteiger partial charge in [-0.15, -0.1) is 0 Å². The molecule has 0 saturated heterocycles. The highest BCUT2D eigenvalue weighted by Gasteiger charge is 2.51. The summed E-state index contributed by atoms with van der Waals surface area (Å²) in [4.78, 5) is 23.2. The molecule has 0 bridgehead atoms. The second kappa shape index (κ2) is 27.8.